The number of carbonyl (C=O) groups excluding carboxylic acids is 8. The molecule has 1 aromatic rings. The molecule has 0 heterocycles. The van der Waals surface area contributed by atoms with Crippen molar-refractivity contribution in [3.8, 4) is 0 Å². The van der Waals surface area contributed by atoms with Gasteiger partial charge >= 0.3 is 0 Å². The molecule has 0 aliphatic carbocycles. The first kappa shape index (κ1) is 58.4. The smallest absolute Gasteiger partial charge is 0.224 e. The number of nitrogens with two attached hydrogens (primary N) is 4. The molecule has 0 aromatic heterocycles. The highest BCUT2D eigenvalue weighted by molar-refractivity contribution is 7.81. The van der Waals surface area contributed by atoms with Gasteiger partial charge < -0.3 is 38.9 Å². The molecule has 0 saturated carbocycles. The second-order valence-electron chi connectivity index (χ2n) is 18.2. The molecule has 15 nitrogen and oxygen atoms in total. The number of carbonyl (C=O) groups is 8. The lowest BCUT2D eigenvalue weighted by Crippen LogP contribution is -2.48. The number of benzene rings is 1. The van der Waals surface area contributed by atoms with Gasteiger partial charge in [0.25, 0.3) is 0 Å². The van der Waals surface area contributed by atoms with Crippen LogP contribution in [0.15, 0.2) is 28.0 Å². The molecule has 0 aliphatic heterocycles. The van der Waals surface area contributed by atoms with Gasteiger partial charge in [-0.3, -0.25) is 38.4 Å². The number of hydrogen-bond acceptors (Lipinski definition) is 13. The molecule has 7 atom stereocenters. The van der Waals surface area contributed by atoms with E-state index in [2.05, 4.69) is 41.2 Å². The summed E-state index contributed by atoms with van der Waals surface area (Å²) in [5.41, 5.74) is 23.0. The second kappa shape index (κ2) is 31.3. The summed E-state index contributed by atoms with van der Waals surface area (Å²) >= 11 is 8.71. The van der Waals surface area contributed by atoms with Crippen LogP contribution in [0.5, 0.6) is 0 Å². The molecule has 64 heavy (non-hydrogen) atoms. The van der Waals surface area contributed by atoms with Crippen molar-refractivity contribution in [1.82, 2.24) is 16.0 Å². The maximum atomic E-state index is 14.0. The second-order valence-corrected chi connectivity index (χ2v) is 19.3. The van der Waals surface area contributed by atoms with Gasteiger partial charge in [-0.05, 0) is 114 Å². The van der Waals surface area contributed by atoms with Crippen molar-refractivity contribution in [2.75, 3.05) is 19.6 Å². The van der Waals surface area contributed by atoms with Gasteiger partial charge in [0.15, 0.2) is 23.1 Å². The van der Waals surface area contributed by atoms with Crippen molar-refractivity contribution < 1.29 is 38.4 Å². The largest absolute Gasteiger partial charge is 0.369 e. The van der Waals surface area contributed by atoms with E-state index in [9.17, 15) is 38.4 Å². The van der Waals surface area contributed by atoms with Crippen molar-refractivity contribution >= 4 is 72.0 Å². The SMILES string of the molecule is CC(C)CC(CC(=O)C(CCCCN)NC(=O)C(C)CC(=O)C(CC(C)C)NC(=O)C(CCCCN)CC(=O)c1cc(S)cc(S)c1)C(=O)NC(C)C(=O)CC(CCCCN)C(N)=O. The van der Waals surface area contributed by atoms with E-state index < -0.39 is 65.4 Å². The summed E-state index contributed by atoms with van der Waals surface area (Å²) < 4.78 is 0. The molecule has 1 rings (SSSR count). The highest BCUT2D eigenvalue weighted by Crippen LogP contribution is 2.24. The number of amides is 4. The molecule has 11 N–H and O–H groups in total. The number of ketones is 4. The average Bonchev–Trinajstić information content (AvgIpc) is 3.21. The summed E-state index contributed by atoms with van der Waals surface area (Å²) in [6, 6.07) is 2.12. The fourth-order valence-corrected chi connectivity index (χ4v) is 8.25. The number of Topliss-reactive ketones (excluding diaryl/α,β-unsaturated/α-hetero) is 4. The van der Waals surface area contributed by atoms with Crippen molar-refractivity contribution in [2.24, 2.45) is 58.4 Å². The molecule has 7 unspecified atom stereocenters. The molecule has 0 bridgehead atoms. The zero-order valence-electron chi connectivity index (χ0n) is 39.1. The lowest BCUT2D eigenvalue weighted by Gasteiger charge is -2.26. The van der Waals surface area contributed by atoms with Crippen LogP contribution in [0, 0.1) is 35.5 Å². The van der Waals surface area contributed by atoms with E-state index in [4.69, 9.17) is 22.9 Å². The van der Waals surface area contributed by atoms with Crippen LogP contribution < -0.4 is 38.9 Å². The predicted molar refractivity (Wildman–Crippen MR) is 257 cm³/mol. The third-order valence-corrected chi connectivity index (χ3v) is 11.8. The van der Waals surface area contributed by atoms with Gasteiger partial charge in [-0.1, -0.05) is 47.5 Å². The molecular weight excluding hydrogens is 855 g/mol. The highest BCUT2D eigenvalue weighted by atomic mass is 32.1. The van der Waals surface area contributed by atoms with Crippen LogP contribution in [0.1, 0.15) is 148 Å². The van der Waals surface area contributed by atoms with Gasteiger partial charge in [0.2, 0.25) is 23.6 Å². The van der Waals surface area contributed by atoms with Crippen molar-refractivity contribution in [3.05, 3.63) is 23.8 Å². The van der Waals surface area contributed by atoms with Crippen LogP contribution in [0.2, 0.25) is 0 Å². The van der Waals surface area contributed by atoms with Gasteiger partial charge in [0.1, 0.15) is 0 Å². The predicted octanol–water partition coefficient (Wildman–Crippen LogP) is 4.64. The van der Waals surface area contributed by atoms with E-state index in [-0.39, 0.29) is 67.1 Å². The van der Waals surface area contributed by atoms with Gasteiger partial charge in [-0.2, -0.15) is 0 Å². The number of primary amides is 1. The van der Waals surface area contributed by atoms with Crippen molar-refractivity contribution in [2.45, 2.75) is 166 Å². The monoisotopic (exact) mass is 934 g/mol. The number of thiol groups is 2. The quantitative estimate of drug-likeness (QED) is 0.0257. The first-order valence-electron chi connectivity index (χ1n) is 23.1. The summed E-state index contributed by atoms with van der Waals surface area (Å²) in [5, 5.41) is 8.48. The Kier molecular flexibility index (Phi) is 28.6. The van der Waals surface area contributed by atoms with Crippen molar-refractivity contribution in [1.29, 1.82) is 0 Å². The summed E-state index contributed by atoms with van der Waals surface area (Å²) in [4.78, 5) is 109. The van der Waals surface area contributed by atoms with Crippen LogP contribution in [0.4, 0.5) is 0 Å². The van der Waals surface area contributed by atoms with Gasteiger partial charge in [-0.15, -0.1) is 25.3 Å². The molecule has 0 fully saturated rings. The van der Waals surface area contributed by atoms with E-state index in [0.717, 1.165) is 0 Å². The third-order valence-electron chi connectivity index (χ3n) is 11.3. The summed E-state index contributed by atoms with van der Waals surface area (Å²) in [6.07, 6.45) is 4.74. The maximum Gasteiger partial charge on any atom is 0.224 e. The average molecular weight is 934 g/mol. The van der Waals surface area contributed by atoms with E-state index in [1.807, 2.05) is 27.7 Å². The summed E-state index contributed by atoms with van der Waals surface area (Å²) in [6.45, 7) is 12.0. The lowest BCUT2D eigenvalue weighted by atomic mass is 9.88. The Balaban J connectivity index is 3.17. The minimum absolute atomic E-state index is 0.00260. The topological polar surface area (TPSA) is 277 Å². The Morgan fingerprint density at radius 2 is 0.984 bits per heavy atom. The van der Waals surface area contributed by atoms with Crippen LogP contribution in [0.25, 0.3) is 0 Å². The van der Waals surface area contributed by atoms with Crippen LogP contribution in [-0.2, 0) is 33.6 Å². The Labute approximate surface area is 392 Å². The van der Waals surface area contributed by atoms with Crippen LogP contribution in [-0.4, -0.2) is 84.5 Å². The fraction of sp³-hybridized carbons (Fsp3) is 0.702. The number of rotatable bonds is 35. The maximum absolute atomic E-state index is 14.0. The minimum atomic E-state index is -0.970. The van der Waals surface area contributed by atoms with E-state index in [1.54, 1.807) is 25.1 Å². The Morgan fingerprint density at radius 1 is 0.516 bits per heavy atom. The molecular formula is C47H79N7O8S2. The normalized spacial score (nSPS) is 14.8. The van der Waals surface area contributed by atoms with Gasteiger partial charge in [0.05, 0.1) is 18.1 Å². The fourth-order valence-electron chi connectivity index (χ4n) is 7.60. The van der Waals surface area contributed by atoms with Gasteiger partial charge in [-0.25, -0.2) is 0 Å². The Hall–Kier alpha value is -3.64. The molecule has 0 spiro atoms. The number of unbranched alkanes of at least 4 members (excludes halogenated alkanes) is 3. The van der Waals surface area contributed by atoms with E-state index in [1.165, 1.54) is 6.92 Å². The highest BCUT2D eigenvalue weighted by Gasteiger charge is 2.33. The molecule has 362 valence electrons. The lowest BCUT2D eigenvalue weighted by molar-refractivity contribution is -0.135. The summed E-state index contributed by atoms with van der Waals surface area (Å²) in [7, 11) is 0. The van der Waals surface area contributed by atoms with E-state index in [0.29, 0.717) is 99.2 Å². The first-order valence-corrected chi connectivity index (χ1v) is 24.0. The number of nitrogens with one attached hydrogen (secondary N) is 3. The summed E-state index contributed by atoms with van der Waals surface area (Å²) in [5.74, 6) is -6.49. The van der Waals surface area contributed by atoms with Crippen LogP contribution in [0.3, 0.4) is 0 Å². The van der Waals surface area contributed by atoms with Crippen molar-refractivity contribution in [3.63, 3.8) is 0 Å². The van der Waals surface area contributed by atoms with Crippen LogP contribution >= 0.6 is 25.3 Å². The molecule has 4 amide bonds. The molecule has 0 aliphatic rings. The Bertz CT molecular complexity index is 1670. The standard InChI is InChI=1S/C47H79N7O8S2/c1-28(2)19-35(47(62)52-31(6)40(55)24-32(44(51)59)13-7-10-16-48)26-43(58)38(15-9-12-18-50)53-45(60)30(5)21-42(57)39(20-29(3)4)54-46(61)33(14-8-11-17-49)25-41(56)34-22-36(63)27-37(64)23-34/h22-23,27-33,35,38-39,63-64H,7-21,24-26,48-50H2,1-6H3,(H2,51,59)(H,52,62)(H,53,60)(H,54,61). The molecule has 1 aromatic carbocycles. The molecule has 0 saturated heterocycles. The molecule has 0 radical (unpaired) electrons. The zero-order chi connectivity index (χ0) is 48.5. The first-order chi connectivity index (χ1) is 30.1. The van der Waals surface area contributed by atoms with E-state index >= 15 is 0 Å². The van der Waals surface area contributed by atoms with Gasteiger partial charge in [0, 0.05) is 64.7 Å². The molecule has 17 heteroatoms. The zero-order valence-corrected chi connectivity index (χ0v) is 40.9. The minimum Gasteiger partial charge on any atom is -0.369 e. The Morgan fingerprint density at radius 3 is 1.50 bits per heavy atom. The number of hydrogen-bond donors (Lipinski definition) is 9. The third kappa shape index (κ3) is 23.0.